The standard InChI is InChI=1S/C18H26N6O/c1-3-4-11-23(2)16-8-5-14(6-9-16)21-18(25)22-15-7-10-17-19-13-20-24(17)12-15/h5-6,8-9,13,15H,3-4,7,10-12H2,1-2H3,(H2,21,22,25)/t15-/m0/s1. The van der Waals surface area contributed by atoms with Crippen molar-refractivity contribution in [1.82, 2.24) is 20.1 Å². The molecule has 0 unspecified atom stereocenters. The second-order valence-corrected chi connectivity index (χ2v) is 6.51. The van der Waals surface area contributed by atoms with Crippen LogP contribution in [-0.4, -0.2) is 40.4 Å². The lowest BCUT2D eigenvalue weighted by Crippen LogP contribution is -2.43. The van der Waals surface area contributed by atoms with E-state index in [4.69, 9.17) is 0 Å². The second kappa shape index (κ2) is 8.00. The van der Waals surface area contributed by atoms with E-state index in [1.165, 1.54) is 12.8 Å². The Hall–Kier alpha value is -2.57. The highest BCUT2D eigenvalue weighted by atomic mass is 16.2. The predicted molar refractivity (Wildman–Crippen MR) is 98.9 cm³/mol. The zero-order valence-corrected chi connectivity index (χ0v) is 14.9. The molecule has 1 aromatic heterocycles. The smallest absolute Gasteiger partial charge is 0.319 e. The third-order valence-corrected chi connectivity index (χ3v) is 4.55. The van der Waals surface area contributed by atoms with Crippen molar-refractivity contribution in [3.63, 3.8) is 0 Å². The summed E-state index contributed by atoms with van der Waals surface area (Å²) in [6.07, 6.45) is 5.64. The molecular weight excluding hydrogens is 316 g/mol. The largest absolute Gasteiger partial charge is 0.375 e. The van der Waals surface area contributed by atoms with Crippen LogP contribution in [0.15, 0.2) is 30.6 Å². The molecule has 1 aliphatic rings. The average Bonchev–Trinajstić information content (AvgIpc) is 3.08. The van der Waals surface area contributed by atoms with Crippen LogP contribution >= 0.6 is 0 Å². The number of amides is 2. The highest BCUT2D eigenvalue weighted by Gasteiger charge is 2.21. The van der Waals surface area contributed by atoms with Crippen LogP contribution in [0.1, 0.15) is 32.0 Å². The Morgan fingerprint density at radius 3 is 2.92 bits per heavy atom. The quantitative estimate of drug-likeness (QED) is 0.846. The molecule has 0 fully saturated rings. The minimum atomic E-state index is -0.180. The summed E-state index contributed by atoms with van der Waals surface area (Å²) in [6, 6.07) is 7.84. The molecule has 0 bridgehead atoms. The molecule has 7 heteroatoms. The van der Waals surface area contributed by atoms with Crippen LogP contribution in [0.25, 0.3) is 0 Å². The number of hydrogen-bond donors (Lipinski definition) is 2. The van der Waals surface area contributed by atoms with E-state index < -0.39 is 0 Å². The van der Waals surface area contributed by atoms with Crippen LogP contribution < -0.4 is 15.5 Å². The number of rotatable bonds is 6. The molecule has 1 aromatic carbocycles. The third-order valence-electron chi connectivity index (χ3n) is 4.55. The molecule has 25 heavy (non-hydrogen) atoms. The highest BCUT2D eigenvalue weighted by Crippen LogP contribution is 2.17. The van der Waals surface area contributed by atoms with Gasteiger partial charge in [0.2, 0.25) is 0 Å². The maximum Gasteiger partial charge on any atom is 0.319 e. The first kappa shape index (κ1) is 17.3. The number of hydrogen-bond acceptors (Lipinski definition) is 4. The fraction of sp³-hybridized carbons (Fsp3) is 0.500. The van der Waals surface area contributed by atoms with Gasteiger partial charge in [0, 0.05) is 31.4 Å². The van der Waals surface area contributed by atoms with Crippen molar-refractivity contribution in [2.24, 2.45) is 0 Å². The minimum Gasteiger partial charge on any atom is -0.375 e. The molecule has 0 spiro atoms. The van der Waals surface area contributed by atoms with E-state index in [0.29, 0.717) is 6.54 Å². The van der Waals surface area contributed by atoms with E-state index in [1.807, 2.05) is 28.9 Å². The highest BCUT2D eigenvalue weighted by molar-refractivity contribution is 5.89. The van der Waals surface area contributed by atoms with Crippen molar-refractivity contribution in [2.75, 3.05) is 23.8 Å². The monoisotopic (exact) mass is 342 g/mol. The zero-order chi connectivity index (χ0) is 17.6. The maximum atomic E-state index is 12.2. The van der Waals surface area contributed by atoms with Gasteiger partial charge in [0.05, 0.1) is 12.6 Å². The molecule has 2 N–H and O–H groups in total. The first-order valence-electron chi connectivity index (χ1n) is 8.91. The first-order valence-corrected chi connectivity index (χ1v) is 8.91. The van der Waals surface area contributed by atoms with Crippen LogP contribution in [0.5, 0.6) is 0 Å². The van der Waals surface area contributed by atoms with Crippen molar-refractivity contribution in [1.29, 1.82) is 0 Å². The molecule has 1 aliphatic heterocycles. The minimum absolute atomic E-state index is 0.0775. The van der Waals surface area contributed by atoms with Gasteiger partial charge >= 0.3 is 6.03 Å². The molecular formula is C18H26N6O. The SMILES string of the molecule is CCCCN(C)c1ccc(NC(=O)N[C@H]2CCc3ncnn3C2)cc1. The maximum absolute atomic E-state index is 12.2. The number of nitrogens with one attached hydrogen (secondary N) is 2. The topological polar surface area (TPSA) is 75.1 Å². The van der Waals surface area contributed by atoms with Gasteiger partial charge in [0.15, 0.2) is 0 Å². The van der Waals surface area contributed by atoms with Crippen molar-refractivity contribution < 1.29 is 4.79 Å². The number of carbonyl (C=O) groups excluding carboxylic acids is 1. The van der Waals surface area contributed by atoms with Crippen LogP contribution in [0, 0.1) is 0 Å². The van der Waals surface area contributed by atoms with Gasteiger partial charge in [0.25, 0.3) is 0 Å². The summed E-state index contributed by atoms with van der Waals surface area (Å²) in [5.74, 6) is 0.987. The molecule has 3 rings (SSSR count). The van der Waals surface area contributed by atoms with E-state index in [1.54, 1.807) is 6.33 Å². The van der Waals surface area contributed by atoms with Crippen molar-refractivity contribution in [3.05, 3.63) is 36.4 Å². The fourth-order valence-electron chi connectivity index (χ4n) is 3.03. The lowest BCUT2D eigenvalue weighted by atomic mass is 10.1. The van der Waals surface area contributed by atoms with Crippen molar-refractivity contribution >= 4 is 17.4 Å². The van der Waals surface area contributed by atoms with Crippen LogP contribution in [0.3, 0.4) is 0 Å². The number of fused-ring (bicyclic) bond motifs is 1. The number of aromatic nitrogens is 3. The van der Waals surface area contributed by atoms with E-state index in [-0.39, 0.29) is 12.1 Å². The molecule has 0 aliphatic carbocycles. The molecule has 2 heterocycles. The fourth-order valence-corrected chi connectivity index (χ4v) is 3.03. The average molecular weight is 342 g/mol. The Kier molecular flexibility index (Phi) is 5.53. The number of benzene rings is 1. The summed E-state index contributed by atoms with van der Waals surface area (Å²) in [5.41, 5.74) is 1.95. The van der Waals surface area contributed by atoms with Gasteiger partial charge in [-0.3, -0.25) is 0 Å². The third kappa shape index (κ3) is 4.49. The van der Waals surface area contributed by atoms with E-state index in [0.717, 1.165) is 36.6 Å². The Balaban J connectivity index is 1.50. The lowest BCUT2D eigenvalue weighted by molar-refractivity contribution is 0.243. The number of nitrogens with zero attached hydrogens (tertiary/aromatic N) is 4. The molecule has 7 nitrogen and oxygen atoms in total. The van der Waals surface area contributed by atoms with Gasteiger partial charge in [0.1, 0.15) is 12.2 Å². The van der Waals surface area contributed by atoms with E-state index in [9.17, 15) is 4.79 Å². The Morgan fingerprint density at radius 2 is 2.16 bits per heavy atom. The summed E-state index contributed by atoms with van der Waals surface area (Å²) < 4.78 is 1.86. The molecule has 1 atom stereocenters. The second-order valence-electron chi connectivity index (χ2n) is 6.51. The molecule has 2 aromatic rings. The van der Waals surface area contributed by atoms with Gasteiger partial charge in [-0.05, 0) is 37.1 Å². The van der Waals surface area contributed by atoms with Crippen LogP contribution in [-0.2, 0) is 13.0 Å². The van der Waals surface area contributed by atoms with Crippen molar-refractivity contribution in [3.8, 4) is 0 Å². The number of unbranched alkanes of at least 4 members (excludes halogenated alkanes) is 1. The predicted octanol–water partition coefficient (Wildman–Crippen LogP) is 2.65. The zero-order valence-electron chi connectivity index (χ0n) is 14.9. The summed E-state index contributed by atoms with van der Waals surface area (Å²) in [7, 11) is 2.09. The molecule has 0 radical (unpaired) electrons. The summed E-state index contributed by atoms with van der Waals surface area (Å²) in [6.45, 7) is 3.90. The summed E-state index contributed by atoms with van der Waals surface area (Å²) >= 11 is 0. The van der Waals surface area contributed by atoms with Gasteiger partial charge in [-0.25, -0.2) is 14.5 Å². The summed E-state index contributed by atoms with van der Waals surface area (Å²) in [5, 5.41) is 10.1. The number of aryl methyl sites for hydroxylation is 1. The van der Waals surface area contributed by atoms with Gasteiger partial charge in [-0.15, -0.1) is 0 Å². The van der Waals surface area contributed by atoms with Gasteiger partial charge in [-0.1, -0.05) is 13.3 Å². The Labute approximate surface area is 148 Å². The van der Waals surface area contributed by atoms with Crippen LogP contribution in [0.4, 0.5) is 16.2 Å². The van der Waals surface area contributed by atoms with Gasteiger partial charge < -0.3 is 15.5 Å². The van der Waals surface area contributed by atoms with E-state index in [2.05, 4.69) is 39.6 Å². The van der Waals surface area contributed by atoms with Gasteiger partial charge in [-0.2, -0.15) is 5.10 Å². The Morgan fingerprint density at radius 1 is 1.36 bits per heavy atom. The summed E-state index contributed by atoms with van der Waals surface area (Å²) in [4.78, 5) is 18.6. The molecule has 134 valence electrons. The normalized spacial score (nSPS) is 16.2. The number of urea groups is 1. The number of anilines is 2. The van der Waals surface area contributed by atoms with Crippen molar-refractivity contribution in [2.45, 2.75) is 45.2 Å². The van der Waals surface area contributed by atoms with E-state index >= 15 is 0 Å². The lowest BCUT2D eigenvalue weighted by Gasteiger charge is -2.23. The van der Waals surface area contributed by atoms with Crippen LogP contribution in [0.2, 0.25) is 0 Å². The molecule has 0 saturated heterocycles. The molecule has 2 amide bonds. The first-order chi connectivity index (χ1) is 12.2. The number of carbonyl (C=O) groups is 1. The molecule has 0 saturated carbocycles. The Bertz CT molecular complexity index is 696.